The second-order valence-electron chi connectivity index (χ2n) is 9.04. The Hall–Kier alpha value is -4.46. The Morgan fingerprint density at radius 2 is 1.68 bits per heavy atom. The average molecular weight is 561 g/mol. The number of ether oxygens (including phenoxy) is 2. The predicted molar refractivity (Wildman–Crippen MR) is 139 cm³/mol. The molecule has 0 saturated carbocycles. The number of carboxylic acid groups (broad SMARTS) is 2. The SMILES string of the molecule is CCOC(=O)N1CCN(C(=O)C(CCC(=O)O)c2nc3ccccc3c(OC(CCO)C(=O)O)c2C(N)=O)CC1. The van der Waals surface area contributed by atoms with Crippen molar-refractivity contribution in [3.8, 4) is 5.75 Å². The number of amides is 3. The van der Waals surface area contributed by atoms with E-state index in [1.807, 2.05) is 0 Å². The van der Waals surface area contributed by atoms with Crippen molar-refractivity contribution in [2.75, 3.05) is 39.4 Å². The third-order valence-corrected chi connectivity index (χ3v) is 6.44. The molecule has 1 aliphatic heterocycles. The first-order chi connectivity index (χ1) is 19.1. The van der Waals surface area contributed by atoms with Crippen LogP contribution in [0.25, 0.3) is 10.9 Å². The van der Waals surface area contributed by atoms with Gasteiger partial charge in [-0.1, -0.05) is 12.1 Å². The van der Waals surface area contributed by atoms with Gasteiger partial charge in [-0.05, 0) is 25.5 Å². The summed E-state index contributed by atoms with van der Waals surface area (Å²) in [5.74, 6) is -5.65. The van der Waals surface area contributed by atoms with Gasteiger partial charge in [0.1, 0.15) is 11.3 Å². The Labute approximate surface area is 229 Å². The molecule has 1 aromatic carbocycles. The Kier molecular flexibility index (Phi) is 10.2. The molecule has 40 heavy (non-hydrogen) atoms. The van der Waals surface area contributed by atoms with Crippen LogP contribution in [-0.4, -0.2) is 105 Å². The zero-order valence-electron chi connectivity index (χ0n) is 21.9. The average Bonchev–Trinajstić information content (AvgIpc) is 2.92. The van der Waals surface area contributed by atoms with Gasteiger partial charge >= 0.3 is 18.0 Å². The molecule has 0 bridgehead atoms. The molecule has 0 spiro atoms. The van der Waals surface area contributed by atoms with E-state index >= 15 is 0 Å². The van der Waals surface area contributed by atoms with Crippen molar-refractivity contribution in [1.29, 1.82) is 0 Å². The molecular weight excluding hydrogens is 528 g/mol. The van der Waals surface area contributed by atoms with Crippen molar-refractivity contribution in [3.63, 3.8) is 0 Å². The largest absolute Gasteiger partial charge is 0.481 e. The number of aromatic nitrogens is 1. The highest BCUT2D eigenvalue weighted by molar-refractivity contribution is 6.04. The number of hydrogen-bond acceptors (Lipinski definition) is 9. The second-order valence-corrected chi connectivity index (χ2v) is 9.04. The number of primary amides is 1. The lowest BCUT2D eigenvalue weighted by Crippen LogP contribution is -2.52. The molecule has 1 fully saturated rings. The number of nitrogens with zero attached hydrogens (tertiary/aromatic N) is 3. The van der Waals surface area contributed by atoms with Gasteiger partial charge in [-0.2, -0.15) is 0 Å². The lowest BCUT2D eigenvalue weighted by Gasteiger charge is -2.36. The van der Waals surface area contributed by atoms with Crippen molar-refractivity contribution in [1.82, 2.24) is 14.8 Å². The molecule has 3 amide bonds. The van der Waals surface area contributed by atoms with Crippen LogP contribution in [0.3, 0.4) is 0 Å². The molecule has 2 unspecified atom stereocenters. The number of aliphatic hydroxyl groups excluding tert-OH is 1. The van der Waals surface area contributed by atoms with E-state index in [0.29, 0.717) is 0 Å². The number of nitrogens with two attached hydrogens (primary N) is 1. The normalized spacial score (nSPS) is 14.8. The van der Waals surface area contributed by atoms with Crippen molar-refractivity contribution in [3.05, 3.63) is 35.5 Å². The zero-order chi connectivity index (χ0) is 29.4. The molecule has 0 aliphatic carbocycles. The molecule has 5 N–H and O–H groups in total. The van der Waals surface area contributed by atoms with Gasteiger partial charge in [0.05, 0.1) is 23.7 Å². The maximum atomic E-state index is 13.8. The van der Waals surface area contributed by atoms with Crippen LogP contribution >= 0.6 is 0 Å². The molecule has 2 heterocycles. The number of carboxylic acids is 2. The summed E-state index contributed by atoms with van der Waals surface area (Å²) < 4.78 is 10.7. The molecule has 1 aromatic heterocycles. The van der Waals surface area contributed by atoms with E-state index in [1.54, 1.807) is 25.1 Å². The number of piperazine rings is 1. The number of hydrogen-bond donors (Lipinski definition) is 4. The van der Waals surface area contributed by atoms with Gasteiger partial charge in [0, 0.05) is 51.0 Å². The highest BCUT2D eigenvalue weighted by atomic mass is 16.6. The summed E-state index contributed by atoms with van der Waals surface area (Å²) in [5, 5.41) is 28.6. The minimum absolute atomic E-state index is 0.127. The Morgan fingerprint density at radius 3 is 2.25 bits per heavy atom. The van der Waals surface area contributed by atoms with Crippen LogP contribution in [0, 0.1) is 0 Å². The molecular formula is C26H32N4O10. The Balaban J connectivity index is 2.10. The predicted octanol–water partition coefficient (Wildman–Crippen LogP) is 0.797. The molecule has 14 heteroatoms. The molecule has 216 valence electrons. The molecule has 2 atom stereocenters. The Morgan fingerprint density at radius 1 is 1.02 bits per heavy atom. The highest BCUT2D eigenvalue weighted by Crippen LogP contribution is 2.37. The van der Waals surface area contributed by atoms with Crippen LogP contribution in [0.2, 0.25) is 0 Å². The lowest BCUT2D eigenvalue weighted by atomic mass is 9.91. The van der Waals surface area contributed by atoms with Gasteiger partial charge in [0.25, 0.3) is 5.91 Å². The topological polar surface area (TPSA) is 210 Å². The van der Waals surface area contributed by atoms with Crippen LogP contribution in [0.5, 0.6) is 5.75 Å². The van der Waals surface area contributed by atoms with E-state index in [1.165, 1.54) is 15.9 Å². The maximum absolute atomic E-state index is 13.8. The van der Waals surface area contributed by atoms with Gasteiger partial charge in [-0.3, -0.25) is 19.4 Å². The Bertz CT molecular complexity index is 1280. The fourth-order valence-electron chi connectivity index (χ4n) is 4.49. The second kappa shape index (κ2) is 13.6. The van der Waals surface area contributed by atoms with Crippen molar-refractivity contribution >= 4 is 40.7 Å². The van der Waals surface area contributed by atoms with Gasteiger partial charge in [-0.25, -0.2) is 9.59 Å². The summed E-state index contributed by atoms with van der Waals surface area (Å²) >= 11 is 0. The van der Waals surface area contributed by atoms with Crippen molar-refractivity contribution in [2.24, 2.45) is 5.73 Å². The van der Waals surface area contributed by atoms with Gasteiger partial charge in [0.2, 0.25) is 5.91 Å². The summed E-state index contributed by atoms with van der Waals surface area (Å²) in [6.45, 7) is 1.97. The fourth-order valence-corrected chi connectivity index (χ4v) is 4.49. The van der Waals surface area contributed by atoms with Crippen LogP contribution in [0.1, 0.15) is 48.2 Å². The van der Waals surface area contributed by atoms with E-state index in [9.17, 15) is 39.3 Å². The first-order valence-electron chi connectivity index (χ1n) is 12.7. The minimum Gasteiger partial charge on any atom is -0.481 e. The van der Waals surface area contributed by atoms with Crippen LogP contribution in [0.15, 0.2) is 24.3 Å². The van der Waals surface area contributed by atoms with Gasteiger partial charge in [-0.15, -0.1) is 0 Å². The van der Waals surface area contributed by atoms with E-state index in [2.05, 4.69) is 4.98 Å². The van der Waals surface area contributed by atoms with Crippen molar-refractivity contribution < 1.29 is 48.8 Å². The van der Waals surface area contributed by atoms with E-state index < -0.39 is 54.9 Å². The number of carbonyl (C=O) groups is 5. The summed E-state index contributed by atoms with van der Waals surface area (Å²) in [6, 6.07) is 6.35. The number of aliphatic carboxylic acids is 2. The molecule has 14 nitrogen and oxygen atoms in total. The van der Waals surface area contributed by atoms with Crippen LogP contribution in [0.4, 0.5) is 4.79 Å². The molecule has 3 rings (SSSR count). The number of aliphatic hydroxyl groups is 1. The van der Waals surface area contributed by atoms with E-state index in [4.69, 9.17) is 15.2 Å². The number of fused-ring (bicyclic) bond motifs is 1. The zero-order valence-corrected chi connectivity index (χ0v) is 21.9. The first kappa shape index (κ1) is 30.1. The van der Waals surface area contributed by atoms with E-state index in [-0.39, 0.29) is 73.5 Å². The highest BCUT2D eigenvalue weighted by Gasteiger charge is 2.36. The van der Waals surface area contributed by atoms with Gasteiger partial charge in [0.15, 0.2) is 6.10 Å². The lowest BCUT2D eigenvalue weighted by molar-refractivity contribution is -0.146. The number of rotatable bonds is 12. The quantitative estimate of drug-likeness (QED) is 0.285. The summed E-state index contributed by atoms with van der Waals surface area (Å²) in [4.78, 5) is 69.4. The summed E-state index contributed by atoms with van der Waals surface area (Å²) in [7, 11) is 0. The maximum Gasteiger partial charge on any atom is 0.409 e. The number of para-hydroxylation sites is 1. The number of pyridine rings is 1. The third kappa shape index (κ3) is 6.94. The standard InChI is InChI=1S/C26H32N4O10/c1-2-39-26(38)30-12-10-29(11-13-30)24(35)16(7-8-19(32)33)21-20(23(27)34)22(40-18(9-14-31)25(36)37)15-5-3-4-6-17(15)28-21/h3-6,16,18,31H,2,7-14H2,1H3,(H2,27,34)(H,32,33)(H,36,37). The monoisotopic (exact) mass is 560 g/mol. The minimum atomic E-state index is -1.55. The third-order valence-electron chi connectivity index (χ3n) is 6.44. The molecule has 2 aromatic rings. The fraction of sp³-hybridized carbons (Fsp3) is 0.462. The van der Waals surface area contributed by atoms with Crippen LogP contribution in [-0.2, 0) is 19.1 Å². The first-order valence-corrected chi connectivity index (χ1v) is 12.7. The molecule has 1 saturated heterocycles. The van der Waals surface area contributed by atoms with Gasteiger partial charge < -0.3 is 40.3 Å². The summed E-state index contributed by atoms with van der Waals surface area (Å²) in [6.07, 6.45) is -3.04. The smallest absolute Gasteiger partial charge is 0.409 e. The summed E-state index contributed by atoms with van der Waals surface area (Å²) in [5.41, 5.74) is 5.49. The number of carbonyl (C=O) groups excluding carboxylic acids is 3. The van der Waals surface area contributed by atoms with E-state index in [0.717, 1.165) is 0 Å². The van der Waals surface area contributed by atoms with Crippen molar-refractivity contribution in [2.45, 2.75) is 38.2 Å². The van der Waals surface area contributed by atoms with Crippen LogP contribution < -0.4 is 10.5 Å². The number of benzene rings is 1. The molecule has 0 radical (unpaired) electrons. The molecule has 1 aliphatic rings.